The number of hydrogen-bond acceptors (Lipinski definition) is 3. The molecule has 16 heavy (non-hydrogen) atoms. The van der Waals surface area contributed by atoms with Crippen molar-refractivity contribution >= 4 is 28.7 Å². The number of aliphatic imine (C=N–C) groups is 1. The van der Waals surface area contributed by atoms with Crippen molar-refractivity contribution in [2.75, 3.05) is 0 Å². The van der Waals surface area contributed by atoms with Gasteiger partial charge in [-0.15, -0.1) is 0 Å². The fourth-order valence-corrected chi connectivity index (χ4v) is 2.34. The van der Waals surface area contributed by atoms with Crippen LogP contribution < -0.4 is 5.32 Å². The van der Waals surface area contributed by atoms with Crippen LogP contribution in [0, 0.1) is 5.92 Å². The average Bonchev–Trinajstić information content (AvgIpc) is 2.56. The maximum absolute atomic E-state index is 11.5. The van der Waals surface area contributed by atoms with Crippen molar-refractivity contribution in [1.29, 1.82) is 0 Å². The maximum Gasteiger partial charge on any atom is 0.261 e. The first-order valence-corrected chi connectivity index (χ1v) is 6.51. The van der Waals surface area contributed by atoms with Gasteiger partial charge >= 0.3 is 0 Å². The second-order valence-electron chi connectivity index (χ2n) is 4.19. The number of unbranched alkanes of at least 4 members (excludes halogenated alkanes) is 1. The van der Waals surface area contributed by atoms with E-state index in [9.17, 15) is 9.59 Å². The van der Waals surface area contributed by atoms with E-state index >= 15 is 0 Å². The molecule has 0 aromatic heterocycles. The van der Waals surface area contributed by atoms with E-state index in [0.717, 1.165) is 12.8 Å². The molecule has 1 aliphatic heterocycles. The summed E-state index contributed by atoms with van der Waals surface area (Å²) in [6, 6.07) is 0. The number of hydrogen-bond donors (Lipinski definition) is 1. The molecule has 1 atom stereocenters. The van der Waals surface area contributed by atoms with Gasteiger partial charge in [0.2, 0.25) is 5.91 Å². The van der Waals surface area contributed by atoms with Gasteiger partial charge in [0.1, 0.15) is 0 Å². The Morgan fingerprint density at radius 3 is 2.75 bits per heavy atom. The summed E-state index contributed by atoms with van der Waals surface area (Å²) in [4.78, 5) is 26.7. The first-order valence-electron chi connectivity index (χ1n) is 5.63. The van der Waals surface area contributed by atoms with Crippen molar-refractivity contribution < 1.29 is 9.59 Å². The summed E-state index contributed by atoms with van der Waals surface area (Å²) in [7, 11) is 0. The van der Waals surface area contributed by atoms with E-state index in [0.29, 0.717) is 11.6 Å². The molecule has 0 aromatic carbocycles. The summed E-state index contributed by atoms with van der Waals surface area (Å²) >= 11 is 1.36. The van der Waals surface area contributed by atoms with Gasteiger partial charge in [0.25, 0.3) is 5.91 Å². The van der Waals surface area contributed by atoms with Crippen molar-refractivity contribution in [3.05, 3.63) is 0 Å². The largest absolute Gasteiger partial charge is 0.305 e. The molecule has 0 bridgehead atoms. The second kappa shape index (κ2) is 6.03. The van der Waals surface area contributed by atoms with Crippen LogP contribution in [0.5, 0.6) is 0 Å². The summed E-state index contributed by atoms with van der Waals surface area (Å²) in [5, 5.41) is 3.01. The second-order valence-corrected chi connectivity index (χ2v) is 5.32. The van der Waals surface area contributed by atoms with Crippen LogP contribution in [-0.4, -0.2) is 22.2 Å². The predicted molar refractivity (Wildman–Crippen MR) is 66.3 cm³/mol. The summed E-state index contributed by atoms with van der Waals surface area (Å²) in [5.74, 6) is 0.0578. The minimum Gasteiger partial charge on any atom is -0.305 e. The van der Waals surface area contributed by atoms with E-state index in [1.807, 2.05) is 20.8 Å². The smallest absolute Gasteiger partial charge is 0.261 e. The van der Waals surface area contributed by atoms with Gasteiger partial charge in [-0.25, -0.2) is 0 Å². The highest BCUT2D eigenvalue weighted by atomic mass is 32.2. The molecule has 1 N–H and O–H groups in total. The predicted octanol–water partition coefficient (Wildman–Crippen LogP) is 1.95. The Labute approximate surface area is 100 Å². The van der Waals surface area contributed by atoms with Gasteiger partial charge in [-0.1, -0.05) is 39.0 Å². The highest BCUT2D eigenvalue weighted by Gasteiger charge is 2.31. The molecular formula is C11H18N2O2S. The van der Waals surface area contributed by atoms with Crippen LogP contribution in [0.4, 0.5) is 0 Å². The Morgan fingerprint density at radius 2 is 2.25 bits per heavy atom. The quantitative estimate of drug-likeness (QED) is 0.819. The van der Waals surface area contributed by atoms with Crippen LogP contribution in [0.1, 0.15) is 40.0 Å². The molecule has 1 unspecified atom stereocenters. The van der Waals surface area contributed by atoms with E-state index in [1.165, 1.54) is 11.8 Å². The number of carbonyl (C=O) groups excluding carboxylic acids is 2. The molecule has 1 heterocycles. The van der Waals surface area contributed by atoms with E-state index in [4.69, 9.17) is 0 Å². The average molecular weight is 242 g/mol. The summed E-state index contributed by atoms with van der Waals surface area (Å²) in [5.41, 5.74) is 0. The Morgan fingerprint density at radius 1 is 1.56 bits per heavy atom. The maximum atomic E-state index is 11.5. The molecule has 90 valence electrons. The number of nitrogens with one attached hydrogen (secondary N) is 1. The molecule has 4 nitrogen and oxygen atoms in total. The first kappa shape index (κ1) is 13.2. The third-order valence-corrected chi connectivity index (χ3v) is 3.72. The Kier molecular flexibility index (Phi) is 4.99. The van der Waals surface area contributed by atoms with E-state index in [2.05, 4.69) is 10.3 Å². The molecule has 0 radical (unpaired) electrons. The molecule has 0 spiro atoms. The molecule has 1 aliphatic rings. The minimum absolute atomic E-state index is 0.0506. The van der Waals surface area contributed by atoms with Crippen LogP contribution >= 0.6 is 11.8 Å². The van der Waals surface area contributed by atoms with Crippen molar-refractivity contribution in [3.8, 4) is 0 Å². The lowest BCUT2D eigenvalue weighted by Gasteiger charge is -2.10. The van der Waals surface area contributed by atoms with Crippen molar-refractivity contribution in [3.63, 3.8) is 0 Å². The summed E-state index contributed by atoms with van der Waals surface area (Å²) < 4.78 is 0. The molecule has 5 heteroatoms. The van der Waals surface area contributed by atoms with Gasteiger partial charge in [-0.3, -0.25) is 9.59 Å². The molecular weight excluding hydrogens is 224 g/mol. The van der Waals surface area contributed by atoms with Gasteiger partial charge in [-0.05, 0) is 12.3 Å². The zero-order chi connectivity index (χ0) is 12.1. The number of carbonyl (C=O) groups is 2. The van der Waals surface area contributed by atoms with Gasteiger partial charge in [0, 0.05) is 6.42 Å². The van der Waals surface area contributed by atoms with Crippen molar-refractivity contribution in [2.45, 2.75) is 45.3 Å². The Balaban J connectivity index is 2.43. The van der Waals surface area contributed by atoms with Crippen LogP contribution in [0.25, 0.3) is 0 Å². The highest BCUT2D eigenvalue weighted by Crippen LogP contribution is 2.27. The standard InChI is InChI=1S/C11H18N2O2S/c1-4-5-6-8(14)12-11-13-10(15)9(16-11)7(2)3/h7,9H,4-6H2,1-3H3,(H,12,13,14,15). The normalized spacial score (nSPS) is 20.1. The van der Waals surface area contributed by atoms with Crippen LogP contribution in [0.2, 0.25) is 0 Å². The summed E-state index contributed by atoms with van der Waals surface area (Å²) in [6.45, 7) is 5.99. The number of thioether (sulfide) groups is 1. The highest BCUT2D eigenvalue weighted by molar-refractivity contribution is 8.15. The number of rotatable bonds is 4. The fourth-order valence-electron chi connectivity index (χ4n) is 1.36. The third-order valence-electron chi connectivity index (χ3n) is 2.30. The number of amidine groups is 1. The minimum atomic E-state index is -0.138. The molecule has 0 aromatic rings. The first-order chi connectivity index (χ1) is 7.54. The molecule has 2 amide bonds. The molecule has 1 rings (SSSR count). The number of amides is 2. The molecule has 0 saturated heterocycles. The lowest BCUT2D eigenvalue weighted by molar-refractivity contribution is -0.119. The Hall–Kier alpha value is -0.840. The molecule has 0 saturated carbocycles. The Bertz CT molecular complexity index is 313. The molecule has 0 fully saturated rings. The number of nitrogens with zero attached hydrogens (tertiary/aromatic N) is 1. The van der Waals surface area contributed by atoms with E-state index in [-0.39, 0.29) is 23.0 Å². The van der Waals surface area contributed by atoms with Crippen molar-refractivity contribution in [1.82, 2.24) is 5.32 Å². The molecule has 0 aliphatic carbocycles. The van der Waals surface area contributed by atoms with Gasteiger partial charge in [0.15, 0.2) is 5.17 Å². The van der Waals surface area contributed by atoms with Crippen LogP contribution in [0.3, 0.4) is 0 Å². The van der Waals surface area contributed by atoms with Gasteiger partial charge in [0.05, 0.1) is 5.25 Å². The van der Waals surface area contributed by atoms with Crippen LogP contribution in [0.15, 0.2) is 4.99 Å². The zero-order valence-corrected chi connectivity index (χ0v) is 10.8. The topological polar surface area (TPSA) is 58.5 Å². The van der Waals surface area contributed by atoms with Gasteiger partial charge < -0.3 is 5.32 Å². The van der Waals surface area contributed by atoms with Gasteiger partial charge in [-0.2, -0.15) is 4.99 Å². The monoisotopic (exact) mass is 242 g/mol. The lowest BCUT2D eigenvalue weighted by Crippen LogP contribution is -2.27. The summed E-state index contributed by atoms with van der Waals surface area (Å²) in [6.07, 6.45) is 2.35. The van der Waals surface area contributed by atoms with Crippen LogP contribution in [-0.2, 0) is 9.59 Å². The lowest BCUT2D eigenvalue weighted by atomic mass is 10.1. The SMILES string of the molecule is CCCCC(=O)NC1=NC(=O)C(C(C)C)S1. The van der Waals surface area contributed by atoms with Crippen molar-refractivity contribution in [2.24, 2.45) is 10.9 Å². The zero-order valence-electron chi connectivity index (χ0n) is 9.95. The van der Waals surface area contributed by atoms with E-state index < -0.39 is 0 Å². The van der Waals surface area contributed by atoms with E-state index in [1.54, 1.807) is 0 Å². The third kappa shape index (κ3) is 3.63. The fraction of sp³-hybridized carbons (Fsp3) is 0.727.